The fourth-order valence-electron chi connectivity index (χ4n) is 1.09. The first-order valence-corrected chi connectivity index (χ1v) is 5.12. The first-order chi connectivity index (χ1) is 7.61. The molecule has 0 bridgehead atoms. The SMILES string of the molecule is CN(C)CCn1cc(CNC(=O)CN)nn1. The van der Waals surface area contributed by atoms with Gasteiger partial charge in [0, 0.05) is 6.54 Å². The molecular weight excluding hydrogens is 208 g/mol. The fraction of sp³-hybridized carbons (Fsp3) is 0.667. The van der Waals surface area contributed by atoms with Gasteiger partial charge in [-0.05, 0) is 14.1 Å². The zero-order valence-corrected chi connectivity index (χ0v) is 9.68. The zero-order chi connectivity index (χ0) is 12.0. The van der Waals surface area contributed by atoms with Crippen LogP contribution in [0.25, 0.3) is 0 Å². The van der Waals surface area contributed by atoms with Crippen molar-refractivity contribution in [3.8, 4) is 0 Å². The van der Waals surface area contributed by atoms with E-state index in [2.05, 4.69) is 20.5 Å². The van der Waals surface area contributed by atoms with Gasteiger partial charge in [-0.1, -0.05) is 5.21 Å². The summed E-state index contributed by atoms with van der Waals surface area (Å²) in [5, 5.41) is 10.5. The topological polar surface area (TPSA) is 89.1 Å². The number of nitrogens with one attached hydrogen (secondary N) is 1. The van der Waals surface area contributed by atoms with E-state index < -0.39 is 0 Å². The minimum absolute atomic E-state index is 0.00519. The summed E-state index contributed by atoms with van der Waals surface area (Å²) >= 11 is 0. The molecule has 0 unspecified atom stereocenters. The van der Waals surface area contributed by atoms with Crippen LogP contribution in [0.1, 0.15) is 5.69 Å². The van der Waals surface area contributed by atoms with Crippen molar-refractivity contribution in [3.05, 3.63) is 11.9 Å². The molecule has 0 spiro atoms. The number of nitrogens with two attached hydrogens (primary N) is 1. The van der Waals surface area contributed by atoms with Crippen LogP contribution >= 0.6 is 0 Å². The molecule has 1 aromatic heterocycles. The van der Waals surface area contributed by atoms with Crippen molar-refractivity contribution in [2.24, 2.45) is 5.73 Å². The van der Waals surface area contributed by atoms with Crippen LogP contribution in [0.4, 0.5) is 0 Å². The van der Waals surface area contributed by atoms with Crippen molar-refractivity contribution >= 4 is 5.91 Å². The molecule has 0 fully saturated rings. The molecule has 1 amide bonds. The molecule has 16 heavy (non-hydrogen) atoms. The zero-order valence-electron chi connectivity index (χ0n) is 9.68. The molecule has 3 N–H and O–H groups in total. The van der Waals surface area contributed by atoms with Crippen molar-refractivity contribution in [2.45, 2.75) is 13.1 Å². The van der Waals surface area contributed by atoms with Crippen molar-refractivity contribution in [2.75, 3.05) is 27.2 Å². The number of hydrogen-bond donors (Lipinski definition) is 2. The Morgan fingerprint density at radius 2 is 2.38 bits per heavy atom. The molecule has 1 aromatic rings. The fourth-order valence-corrected chi connectivity index (χ4v) is 1.09. The second-order valence-electron chi connectivity index (χ2n) is 3.76. The molecule has 0 saturated heterocycles. The largest absolute Gasteiger partial charge is 0.349 e. The van der Waals surface area contributed by atoms with E-state index in [9.17, 15) is 4.79 Å². The summed E-state index contributed by atoms with van der Waals surface area (Å²) in [6.45, 7) is 2.05. The third-order valence-corrected chi connectivity index (χ3v) is 2.01. The Bertz CT molecular complexity index is 334. The Balaban J connectivity index is 2.36. The number of carbonyl (C=O) groups is 1. The highest BCUT2D eigenvalue weighted by atomic mass is 16.1. The van der Waals surface area contributed by atoms with E-state index in [4.69, 9.17) is 5.73 Å². The highest BCUT2D eigenvalue weighted by Crippen LogP contribution is 1.92. The molecule has 0 aromatic carbocycles. The van der Waals surface area contributed by atoms with Crippen LogP contribution in [0, 0.1) is 0 Å². The molecular formula is C9H18N6O. The highest BCUT2D eigenvalue weighted by Gasteiger charge is 2.02. The van der Waals surface area contributed by atoms with Gasteiger partial charge in [0.05, 0.1) is 25.8 Å². The summed E-state index contributed by atoms with van der Waals surface area (Å²) in [4.78, 5) is 13.0. The van der Waals surface area contributed by atoms with Gasteiger partial charge in [0.2, 0.25) is 5.91 Å². The van der Waals surface area contributed by atoms with Crippen LogP contribution in [0.5, 0.6) is 0 Å². The van der Waals surface area contributed by atoms with Gasteiger partial charge in [-0.3, -0.25) is 9.48 Å². The summed E-state index contributed by atoms with van der Waals surface area (Å²) in [6.07, 6.45) is 1.82. The Morgan fingerprint density at radius 3 is 3.00 bits per heavy atom. The summed E-state index contributed by atoms with van der Waals surface area (Å²) in [5.74, 6) is -0.192. The molecule has 0 saturated carbocycles. The molecule has 90 valence electrons. The van der Waals surface area contributed by atoms with E-state index in [0.717, 1.165) is 18.8 Å². The average molecular weight is 226 g/mol. The van der Waals surface area contributed by atoms with Crippen LogP contribution in [0.15, 0.2) is 6.20 Å². The van der Waals surface area contributed by atoms with Gasteiger partial charge in [-0.2, -0.15) is 0 Å². The average Bonchev–Trinajstić information content (AvgIpc) is 2.71. The molecule has 0 aliphatic heterocycles. The summed E-state index contributed by atoms with van der Waals surface area (Å²) in [6, 6.07) is 0. The van der Waals surface area contributed by atoms with Crippen molar-refractivity contribution in [1.82, 2.24) is 25.2 Å². The van der Waals surface area contributed by atoms with Crippen molar-refractivity contribution in [1.29, 1.82) is 0 Å². The van der Waals surface area contributed by atoms with Crippen LogP contribution in [-0.2, 0) is 17.9 Å². The molecule has 1 heterocycles. The minimum Gasteiger partial charge on any atom is -0.349 e. The lowest BCUT2D eigenvalue weighted by atomic mass is 10.4. The van der Waals surface area contributed by atoms with Crippen molar-refractivity contribution < 1.29 is 4.79 Å². The van der Waals surface area contributed by atoms with E-state index in [1.807, 2.05) is 20.3 Å². The van der Waals surface area contributed by atoms with Gasteiger partial charge in [0.15, 0.2) is 0 Å². The lowest BCUT2D eigenvalue weighted by Gasteiger charge is -2.07. The Morgan fingerprint density at radius 1 is 1.62 bits per heavy atom. The van der Waals surface area contributed by atoms with E-state index in [-0.39, 0.29) is 12.5 Å². The number of rotatable bonds is 6. The van der Waals surface area contributed by atoms with Gasteiger partial charge in [0.25, 0.3) is 0 Å². The van der Waals surface area contributed by atoms with Crippen LogP contribution < -0.4 is 11.1 Å². The first kappa shape index (κ1) is 12.6. The highest BCUT2D eigenvalue weighted by molar-refractivity contribution is 5.77. The summed E-state index contributed by atoms with van der Waals surface area (Å²) in [7, 11) is 4.00. The maximum atomic E-state index is 10.9. The lowest BCUT2D eigenvalue weighted by Crippen LogP contribution is -2.29. The molecule has 7 nitrogen and oxygen atoms in total. The quantitative estimate of drug-likeness (QED) is 0.611. The monoisotopic (exact) mass is 226 g/mol. The number of aromatic nitrogens is 3. The van der Waals surface area contributed by atoms with E-state index in [0.29, 0.717) is 6.54 Å². The van der Waals surface area contributed by atoms with E-state index in [1.54, 1.807) is 4.68 Å². The third kappa shape index (κ3) is 4.37. The first-order valence-electron chi connectivity index (χ1n) is 5.12. The predicted molar refractivity (Wildman–Crippen MR) is 59.5 cm³/mol. The van der Waals surface area contributed by atoms with E-state index >= 15 is 0 Å². The summed E-state index contributed by atoms with van der Waals surface area (Å²) < 4.78 is 1.75. The number of carbonyl (C=O) groups excluding carboxylic acids is 1. The maximum Gasteiger partial charge on any atom is 0.234 e. The van der Waals surface area contributed by atoms with Crippen LogP contribution in [0.3, 0.4) is 0 Å². The number of nitrogens with zero attached hydrogens (tertiary/aromatic N) is 4. The van der Waals surface area contributed by atoms with Gasteiger partial charge >= 0.3 is 0 Å². The predicted octanol–water partition coefficient (Wildman–Crippen LogP) is -1.59. The summed E-state index contributed by atoms with van der Waals surface area (Å²) in [5.41, 5.74) is 5.90. The molecule has 0 atom stereocenters. The van der Waals surface area contributed by atoms with E-state index in [1.165, 1.54) is 0 Å². The molecule has 0 aliphatic carbocycles. The second-order valence-corrected chi connectivity index (χ2v) is 3.76. The Hall–Kier alpha value is -1.47. The normalized spacial score (nSPS) is 10.8. The molecule has 7 heteroatoms. The molecule has 0 radical (unpaired) electrons. The second kappa shape index (κ2) is 6.19. The van der Waals surface area contributed by atoms with Crippen LogP contribution in [-0.4, -0.2) is 53.0 Å². The number of hydrogen-bond acceptors (Lipinski definition) is 5. The van der Waals surface area contributed by atoms with Gasteiger partial charge in [0.1, 0.15) is 5.69 Å². The standard InChI is InChI=1S/C9H18N6O/c1-14(2)3-4-15-7-8(12-13-15)6-11-9(16)5-10/h7H,3-6,10H2,1-2H3,(H,11,16). The van der Waals surface area contributed by atoms with Gasteiger partial charge < -0.3 is 16.0 Å². The Kier molecular flexibility index (Phi) is 4.87. The van der Waals surface area contributed by atoms with Crippen molar-refractivity contribution in [3.63, 3.8) is 0 Å². The molecule has 1 rings (SSSR count). The Labute approximate surface area is 94.6 Å². The third-order valence-electron chi connectivity index (χ3n) is 2.01. The molecule has 0 aliphatic rings. The van der Waals surface area contributed by atoms with Gasteiger partial charge in [-0.25, -0.2) is 0 Å². The maximum absolute atomic E-state index is 10.9. The number of likely N-dealkylation sites (N-methyl/N-ethyl adjacent to an activating group) is 1. The lowest BCUT2D eigenvalue weighted by molar-refractivity contribution is -0.119. The van der Waals surface area contributed by atoms with Gasteiger partial charge in [-0.15, -0.1) is 5.10 Å². The smallest absolute Gasteiger partial charge is 0.234 e. The van der Waals surface area contributed by atoms with Crippen LogP contribution in [0.2, 0.25) is 0 Å². The number of amides is 1. The minimum atomic E-state index is -0.192.